The van der Waals surface area contributed by atoms with Crippen LogP contribution in [0.1, 0.15) is 5.56 Å². The number of H-pyrrole nitrogens is 1. The predicted molar refractivity (Wildman–Crippen MR) is 119 cm³/mol. The van der Waals surface area contributed by atoms with E-state index in [1.165, 1.54) is 26.4 Å². The number of ether oxygens (including phenoxy) is 2. The Balaban J connectivity index is 1.93. The van der Waals surface area contributed by atoms with E-state index in [2.05, 4.69) is 31.1 Å². The van der Waals surface area contributed by atoms with Gasteiger partial charge in [0.1, 0.15) is 16.4 Å². The molecule has 2 aromatic carbocycles. The Kier molecular flexibility index (Phi) is 7.00. The SMILES string of the molecule is COc1cc(OC)cc(-c2nc(S/C(=C\c3cc(Br)c(O)c([N+](=O)[O-])c3)C(=O)O)n[nH]2)c1. The average Bonchev–Trinajstić information content (AvgIpc) is 3.23. The van der Waals surface area contributed by atoms with Crippen LogP contribution in [0.25, 0.3) is 17.5 Å². The monoisotopic (exact) mass is 522 g/mol. The van der Waals surface area contributed by atoms with E-state index in [0.29, 0.717) is 22.9 Å². The highest BCUT2D eigenvalue weighted by Crippen LogP contribution is 2.37. The normalized spacial score (nSPS) is 11.3. The van der Waals surface area contributed by atoms with E-state index in [-0.39, 0.29) is 20.1 Å². The Hall–Kier alpha value is -3.58. The number of aromatic nitrogens is 3. The molecule has 0 amide bonds. The molecule has 0 bridgehead atoms. The number of nitro groups is 1. The first-order valence-electron chi connectivity index (χ1n) is 8.67. The van der Waals surface area contributed by atoms with Crippen LogP contribution in [0.4, 0.5) is 5.69 Å². The highest BCUT2D eigenvalue weighted by atomic mass is 79.9. The number of carbonyl (C=O) groups is 1. The molecule has 0 unspecified atom stereocenters. The van der Waals surface area contributed by atoms with Crippen LogP contribution in [0.2, 0.25) is 0 Å². The van der Waals surface area contributed by atoms with E-state index in [1.54, 1.807) is 18.2 Å². The van der Waals surface area contributed by atoms with Crippen molar-refractivity contribution in [1.29, 1.82) is 0 Å². The number of thioether (sulfide) groups is 1. The van der Waals surface area contributed by atoms with Gasteiger partial charge in [0.05, 0.1) is 23.6 Å². The number of rotatable bonds is 8. The quantitative estimate of drug-likeness (QED) is 0.170. The van der Waals surface area contributed by atoms with Crippen molar-refractivity contribution in [2.75, 3.05) is 14.2 Å². The number of hydrogen-bond acceptors (Lipinski definition) is 9. The van der Waals surface area contributed by atoms with Crippen LogP contribution >= 0.6 is 27.7 Å². The standard InChI is InChI=1S/C19H15BrN4O7S/c1-30-11-6-10(7-12(8-11)31-2)17-21-19(23-22-17)32-15(18(26)27)5-9-3-13(20)16(25)14(4-9)24(28)29/h3-8,25H,1-2H3,(H,26,27)(H,21,22,23)/b15-5-. The number of halogens is 1. The maximum Gasteiger partial charge on any atom is 0.342 e. The second-order valence-electron chi connectivity index (χ2n) is 6.11. The van der Waals surface area contributed by atoms with E-state index in [0.717, 1.165) is 17.8 Å². The van der Waals surface area contributed by atoms with Crippen molar-refractivity contribution >= 4 is 45.4 Å². The zero-order valence-corrected chi connectivity index (χ0v) is 18.9. The lowest BCUT2D eigenvalue weighted by Gasteiger charge is -2.06. The van der Waals surface area contributed by atoms with Crippen molar-refractivity contribution in [1.82, 2.24) is 15.2 Å². The van der Waals surface area contributed by atoms with Crippen molar-refractivity contribution in [3.63, 3.8) is 0 Å². The third-order valence-corrected chi connectivity index (χ3v) is 5.54. The first kappa shape index (κ1) is 23.1. The van der Waals surface area contributed by atoms with Gasteiger partial charge in [0, 0.05) is 17.7 Å². The van der Waals surface area contributed by atoms with Crippen LogP contribution < -0.4 is 9.47 Å². The lowest BCUT2D eigenvalue weighted by molar-refractivity contribution is -0.386. The third-order valence-electron chi connectivity index (χ3n) is 4.06. The molecule has 0 fully saturated rings. The van der Waals surface area contributed by atoms with Crippen LogP contribution in [0.5, 0.6) is 17.2 Å². The molecule has 0 aliphatic carbocycles. The lowest BCUT2D eigenvalue weighted by Crippen LogP contribution is -1.98. The summed E-state index contributed by atoms with van der Waals surface area (Å²) in [6, 6.07) is 7.53. The molecule has 3 N–H and O–H groups in total. The molecule has 1 heterocycles. The number of methoxy groups -OCH3 is 2. The number of benzene rings is 2. The van der Waals surface area contributed by atoms with Gasteiger partial charge in [0.2, 0.25) is 10.9 Å². The first-order valence-corrected chi connectivity index (χ1v) is 10.3. The fourth-order valence-corrected chi connectivity index (χ4v) is 3.75. The van der Waals surface area contributed by atoms with Gasteiger partial charge >= 0.3 is 11.7 Å². The van der Waals surface area contributed by atoms with Gasteiger partial charge in [-0.1, -0.05) is 0 Å². The number of carboxylic acid groups (broad SMARTS) is 1. The second-order valence-corrected chi connectivity index (χ2v) is 7.97. The van der Waals surface area contributed by atoms with Crippen molar-refractivity contribution < 1.29 is 29.4 Å². The summed E-state index contributed by atoms with van der Waals surface area (Å²) in [6.07, 6.45) is 1.22. The number of hydrogen-bond donors (Lipinski definition) is 3. The number of phenols is 1. The fourth-order valence-electron chi connectivity index (χ4n) is 2.58. The molecule has 1 aromatic heterocycles. The number of nitrogens with one attached hydrogen (secondary N) is 1. The summed E-state index contributed by atoms with van der Waals surface area (Å²) >= 11 is 3.77. The summed E-state index contributed by atoms with van der Waals surface area (Å²) in [5.41, 5.74) is 0.242. The number of nitrogens with zero attached hydrogens (tertiary/aromatic N) is 3. The molecule has 0 saturated heterocycles. The molecule has 0 spiro atoms. The van der Waals surface area contributed by atoms with Gasteiger partial charge in [-0.15, -0.1) is 5.10 Å². The summed E-state index contributed by atoms with van der Waals surface area (Å²) in [5, 5.41) is 37.3. The van der Waals surface area contributed by atoms with Gasteiger partial charge in [-0.2, -0.15) is 0 Å². The summed E-state index contributed by atoms with van der Waals surface area (Å²) in [5.74, 6) is -0.399. The fraction of sp³-hybridized carbons (Fsp3) is 0.105. The molecular weight excluding hydrogens is 508 g/mol. The van der Waals surface area contributed by atoms with Crippen LogP contribution in [0, 0.1) is 10.1 Å². The molecule has 32 heavy (non-hydrogen) atoms. The zero-order valence-electron chi connectivity index (χ0n) is 16.5. The minimum Gasteiger partial charge on any atom is -0.501 e. The molecule has 13 heteroatoms. The van der Waals surface area contributed by atoms with Crippen LogP contribution in [-0.4, -0.2) is 50.5 Å². The Labute approximate surface area is 193 Å². The van der Waals surface area contributed by atoms with Gasteiger partial charge in [0.15, 0.2) is 5.82 Å². The Morgan fingerprint density at radius 3 is 2.44 bits per heavy atom. The molecule has 0 saturated carbocycles. The van der Waals surface area contributed by atoms with Crippen molar-refractivity contribution in [3.05, 3.63) is 55.4 Å². The van der Waals surface area contributed by atoms with Crippen molar-refractivity contribution in [2.24, 2.45) is 0 Å². The highest BCUT2D eigenvalue weighted by molar-refractivity contribution is 9.10. The minimum absolute atomic E-state index is 0.0554. The van der Waals surface area contributed by atoms with Gasteiger partial charge in [-0.05, 0) is 57.5 Å². The summed E-state index contributed by atoms with van der Waals surface area (Å²) in [6.45, 7) is 0. The molecule has 0 aliphatic rings. The molecule has 3 rings (SSSR count). The van der Waals surface area contributed by atoms with Crippen LogP contribution in [-0.2, 0) is 4.79 Å². The summed E-state index contributed by atoms with van der Waals surface area (Å²) < 4.78 is 10.5. The Morgan fingerprint density at radius 2 is 1.88 bits per heavy atom. The van der Waals surface area contributed by atoms with E-state index >= 15 is 0 Å². The van der Waals surface area contributed by atoms with Crippen LogP contribution in [0.15, 0.2) is 44.9 Å². The van der Waals surface area contributed by atoms with Crippen LogP contribution in [0.3, 0.4) is 0 Å². The van der Waals surface area contributed by atoms with E-state index in [1.807, 2.05) is 0 Å². The highest BCUT2D eigenvalue weighted by Gasteiger charge is 2.20. The number of aromatic amines is 1. The predicted octanol–water partition coefficient (Wildman–Crippen LogP) is 4.08. The van der Waals surface area contributed by atoms with Gasteiger partial charge in [-0.3, -0.25) is 15.2 Å². The van der Waals surface area contributed by atoms with Gasteiger partial charge < -0.3 is 19.7 Å². The maximum atomic E-state index is 11.7. The zero-order chi connectivity index (χ0) is 23.4. The van der Waals surface area contributed by atoms with E-state index in [9.17, 15) is 25.1 Å². The Bertz CT molecular complexity index is 1210. The Morgan fingerprint density at radius 1 is 1.22 bits per heavy atom. The lowest BCUT2D eigenvalue weighted by atomic mass is 10.1. The number of phenolic OH excluding ortho intramolecular Hbond substituents is 1. The molecule has 11 nitrogen and oxygen atoms in total. The van der Waals surface area contributed by atoms with E-state index in [4.69, 9.17) is 9.47 Å². The minimum atomic E-state index is -1.28. The molecule has 166 valence electrons. The summed E-state index contributed by atoms with van der Waals surface area (Å²) in [4.78, 5) is 26.2. The van der Waals surface area contributed by atoms with E-state index < -0.39 is 22.3 Å². The van der Waals surface area contributed by atoms with Crippen molar-refractivity contribution in [3.8, 4) is 28.6 Å². The largest absolute Gasteiger partial charge is 0.501 e. The smallest absolute Gasteiger partial charge is 0.342 e. The first-order chi connectivity index (χ1) is 15.2. The third kappa shape index (κ3) is 5.18. The molecule has 3 aromatic rings. The second kappa shape index (κ2) is 9.70. The number of aliphatic carboxylic acids is 1. The topological polar surface area (TPSA) is 161 Å². The summed E-state index contributed by atoms with van der Waals surface area (Å²) in [7, 11) is 3.02. The number of carboxylic acids is 1. The molecule has 0 atom stereocenters. The van der Waals surface area contributed by atoms with Gasteiger partial charge in [0.25, 0.3) is 0 Å². The molecular formula is C19H15BrN4O7S. The number of nitro benzene ring substituents is 1. The maximum absolute atomic E-state index is 11.7. The van der Waals surface area contributed by atoms with Crippen molar-refractivity contribution in [2.45, 2.75) is 5.16 Å². The van der Waals surface area contributed by atoms with Gasteiger partial charge in [-0.25, -0.2) is 9.78 Å². The average molecular weight is 523 g/mol. The molecule has 0 radical (unpaired) electrons. The number of aromatic hydroxyl groups is 1. The molecule has 0 aliphatic heterocycles.